The number of aromatic nitrogens is 7. The molecule has 5 heterocycles. The quantitative estimate of drug-likeness (QED) is 0.299. The van der Waals surface area contributed by atoms with Gasteiger partial charge in [-0.1, -0.05) is 12.1 Å². The highest BCUT2D eigenvalue weighted by Crippen LogP contribution is 2.23. The molecule has 0 spiro atoms. The normalized spacial score (nSPS) is 14.0. The number of fused-ring (bicyclic) bond motifs is 1. The largest absolute Gasteiger partial charge is 0.369 e. The van der Waals surface area contributed by atoms with E-state index in [1.807, 2.05) is 30.3 Å². The number of hydrogen-bond donors (Lipinski definition) is 1. The average molecular weight is 535 g/mol. The lowest BCUT2D eigenvalue weighted by molar-refractivity contribution is 0.313. The van der Waals surface area contributed by atoms with Gasteiger partial charge >= 0.3 is 0 Å². The van der Waals surface area contributed by atoms with Gasteiger partial charge in [0.1, 0.15) is 11.1 Å². The highest BCUT2D eigenvalue weighted by molar-refractivity contribution is 5.77. The summed E-state index contributed by atoms with van der Waals surface area (Å²) in [7, 11) is 2.15. The number of benzene rings is 1. The first-order valence-corrected chi connectivity index (χ1v) is 13.2. The highest BCUT2D eigenvalue weighted by Gasteiger charge is 2.19. The van der Waals surface area contributed by atoms with Gasteiger partial charge in [0.2, 0.25) is 5.95 Å². The molecule has 0 radical (unpaired) electrons. The van der Waals surface area contributed by atoms with Gasteiger partial charge in [-0.25, -0.2) is 19.3 Å². The van der Waals surface area contributed by atoms with Crippen LogP contribution in [0.25, 0.3) is 28.2 Å². The predicted octanol–water partition coefficient (Wildman–Crippen LogP) is 3.51. The average Bonchev–Trinajstić information content (AvgIpc) is 3.27. The number of allylic oxidation sites excluding steroid dienone is 1. The minimum atomic E-state index is -0.188. The molecule has 202 valence electrons. The first-order valence-electron chi connectivity index (χ1n) is 13.2. The zero-order chi connectivity index (χ0) is 27.5. The first-order chi connectivity index (χ1) is 19.6. The van der Waals surface area contributed by atoms with Gasteiger partial charge < -0.3 is 15.1 Å². The molecule has 5 aromatic rings. The Morgan fingerprint density at radius 2 is 1.77 bits per heavy atom. The summed E-state index contributed by atoms with van der Waals surface area (Å²) in [5, 5.41) is 3.70. The van der Waals surface area contributed by atoms with Crippen molar-refractivity contribution in [2.24, 2.45) is 0 Å². The molecule has 1 aromatic carbocycles. The molecule has 0 unspecified atom stereocenters. The summed E-state index contributed by atoms with van der Waals surface area (Å²) < 4.78 is 3.36. The second-order valence-corrected chi connectivity index (χ2v) is 9.68. The van der Waals surface area contributed by atoms with E-state index in [9.17, 15) is 4.79 Å². The van der Waals surface area contributed by atoms with E-state index in [1.165, 1.54) is 5.69 Å². The molecule has 1 saturated heterocycles. The Labute approximate surface area is 231 Å². The maximum Gasteiger partial charge on any atom is 0.278 e. The van der Waals surface area contributed by atoms with Crippen molar-refractivity contribution in [1.82, 2.24) is 39.2 Å². The van der Waals surface area contributed by atoms with Gasteiger partial charge in [0, 0.05) is 62.7 Å². The van der Waals surface area contributed by atoms with Gasteiger partial charge in [-0.2, -0.15) is 4.98 Å². The summed E-state index contributed by atoms with van der Waals surface area (Å²) in [5.41, 5.74) is 3.61. The predicted molar refractivity (Wildman–Crippen MR) is 156 cm³/mol. The summed E-state index contributed by atoms with van der Waals surface area (Å²) in [5.74, 6) is 0.931. The van der Waals surface area contributed by atoms with Gasteiger partial charge in [-0.05, 0) is 49.9 Å². The minimum Gasteiger partial charge on any atom is -0.369 e. The number of hydrogen-bond acceptors (Lipinski definition) is 9. The van der Waals surface area contributed by atoms with Gasteiger partial charge in [0.15, 0.2) is 11.5 Å². The van der Waals surface area contributed by atoms with Crippen molar-refractivity contribution in [3.05, 3.63) is 90.3 Å². The minimum absolute atomic E-state index is 0.188. The molecule has 0 saturated carbocycles. The highest BCUT2D eigenvalue weighted by atomic mass is 16.1. The number of rotatable bonds is 8. The van der Waals surface area contributed by atoms with Crippen LogP contribution in [0.4, 0.5) is 17.3 Å². The van der Waals surface area contributed by atoms with Crippen LogP contribution in [-0.4, -0.2) is 72.4 Å². The van der Waals surface area contributed by atoms with Crippen molar-refractivity contribution in [2.45, 2.75) is 13.0 Å². The topological polar surface area (TPSA) is 110 Å². The molecule has 4 aromatic heterocycles. The van der Waals surface area contributed by atoms with Crippen molar-refractivity contribution in [1.29, 1.82) is 0 Å². The first kappa shape index (κ1) is 25.4. The fourth-order valence-corrected chi connectivity index (χ4v) is 4.80. The smallest absolute Gasteiger partial charge is 0.278 e. The third kappa shape index (κ3) is 5.06. The van der Waals surface area contributed by atoms with Crippen LogP contribution in [0.5, 0.6) is 0 Å². The van der Waals surface area contributed by atoms with Gasteiger partial charge in [0.05, 0.1) is 11.9 Å². The maximum atomic E-state index is 13.4. The SMILES string of the molecule is C=CCCn1c(=O)c2cnc(Nc3ccc(N4CCN(C)CC4)cc3)nc2n1-c1cccc(-c2cnccn2)n1. The molecule has 1 fully saturated rings. The number of nitrogens with one attached hydrogen (secondary N) is 1. The summed E-state index contributed by atoms with van der Waals surface area (Å²) in [6.07, 6.45) is 8.85. The molecule has 1 aliphatic heterocycles. The molecule has 11 nitrogen and oxygen atoms in total. The van der Waals surface area contributed by atoms with Gasteiger partial charge in [-0.15, -0.1) is 6.58 Å². The van der Waals surface area contributed by atoms with Crippen LogP contribution in [0.15, 0.2) is 84.7 Å². The molecule has 40 heavy (non-hydrogen) atoms. The lowest BCUT2D eigenvalue weighted by Gasteiger charge is -2.34. The van der Waals surface area contributed by atoms with E-state index in [0.29, 0.717) is 47.2 Å². The third-order valence-electron chi connectivity index (χ3n) is 6.99. The molecule has 1 aliphatic rings. The van der Waals surface area contributed by atoms with Crippen molar-refractivity contribution >= 4 is 28.4 Å². The zero-order valence-electron chi connectivity index (χ0n) is 22.3. The molecule has 0 atom stereocenters. The fraction of sp³-hybridized carbons (Fsp3) is 0.241. The fourth-order valence-electron chi connectivity index (χ4n) is 4.80. The van der Waals surface area contributed by atoms with Crippen LogP contribution in [0.3, 0.4) is 0 Å². The Morgan fingerprint density at radius 1 is 0.950 bits per heavy atom. The number of piperazine rings is 1. The number of likely N-dealkylation sites (N-methyl/N-ethyl adjacent to an activating group) is 1. The maximum absolute atomic E-state index is 13.4. The van der Waals surface area contributed by atoms with Crippen LogP contribution in [-0.2, 0) is 6.54 Å². The Kier molecular flexibility index (Phi) is 7.02. The molecular formula is C29H30N10O. The Morgan fingerprint density at radius 3 is 2.52 bits per heavy atom. The van der Waals surface area contributed by atoms with E-state index >= 15 is 0 Å². The van der Waals surface area contributed by atoms with E-state index in [2.05, 4.69) is 55.8 Å². The van der Waals surface area contributed by atoms with E-state index in [-0.39, 0.29) is 5.56 Å². The molecule has 0 aliphatic carbocycles. The molecular weight excluding hydrogens is 504 g/mol. The lowest BCUT2D eigenvalue weighted by atomic mass is 10.2. The van der Waals surface area contributed by atoms with Crippen LogP contribution < -0.4 is 15.8 Å². The number of nitrogens with zero attached hydrogens (tertiary/aromatic N) is 9. The van der Waals surface area contributed by atoms with E-state index in [4.69, 9.17) is 9.97 Å². The summed E-state index contributed by atoms with van der Waals surface area (Å²) in [6.45, 7) is 8.37. The standard InChI is InChI=1S/C29H30N10O/c1-3-4-14-38-28(40)23-19-32-29(33-21-8-10-22(11-9-21)37-17-15-36(2)16-18-37)35-27(23)39(38)26-7-5-6-24(34-26)25-20-30-12-13-31-25/h3,5-13,19-20H,1,4,14-18H2,2H3,(H,32,33,35). The Bertz CT molecular complexity index is 1690. The molecule has 11 heteroatoms. The summed E-state index contributed by atoms with van der Waals surface area (Å²) >= 11 is 0. The second-order valence-electron chi connectivity index (χ2n) is 9.68. The summed E-state index contributed by atoms with van der Waals surface area (Å²) in [4.78, 5) is 40.7. The third-order valence-corrected chi connectivity index (χ3v) is 6.99. The van der Waals surface area contributed by atoms with Crippen LogP contribution in [0.2, 0.25) is 0 Å². The Balaban J connectivity index is 1.35. The van der Waals surface area contributed by atoms with Crippen molar-refractivity contribution in [3.8, 4) is 17.2 Å². The molecule has 0 bridgehead atoms. The number of pyridine rings is 1. The van der Waals surface area contributed by atoms with E-state index in [0.717, 1.165) is 31.9 Å². The second kappa shape index (κ2) is 11.1. The van der Waals surface area contributed by atoms with Gasteiger partial charge in [0.25, 0.3) is 5.56 Å². The van der Waals surface area contributed by atoms with Crippen molar-refractivity contribution in [3.63, 3.8) is 0 Å². The van der Waals surface area contributed by atoms with E-state index < -0.39 is 0 Å². The van der Waals surface area contributed by atoms with Gasteiger partial charge in [-0.3, -0.25) is 14.8 Å². The van der Waals surface area contributed by atoms with E-state index in [1.54, 1.807) is 40.2 Å². The lowest BCUT2D eigenvalue weighted by Crippen LogP contribution is -2.44. The monoisotopic (exact) mass is 534 g/mol. The summed E-state index contributed by atoms with van der Waals surface area (Å²) in [6, 6.07) is 13.8. The van der Waals surface area contributed by atoms with Crippen LogP contribution >= 0.6 is 0 Å². The zero-order valence-corrected chi connectivity index (χ0v) is 22.3. The molecule has 1 N–H and O–H groups in total. The Hall–Kier alpha value is -4.90. The van der Waals surface area contributed by atoms with Crippen LogP contribution in [0.1, 0.15) is 6.42 Å². The van der Waals surface area contributed by atoms with Crippen LogP contribution in [0, 0.1) is 0 Å². The van der Waals surface area contributed by atoms with Crippen molar-refractivity contribution < 1.29 is 0 Å². The number of anilines is 3. The molecule has 0 amide bonds. The van der Waals surface area contributed by atoms with Crippen molar-refractivity contribution in [2.75, 3.05) is 43.4 Å². The molecule has 6 rings (SSSR count).